The van der Waals surface area contributed by atoms with Gasteiger partial charge in [-0.3, -0.25) is 5.43 Å². The van der Waals surface area contributed by atoms with Crippen LogP contribution in [-0.4, -0.2) is 32.4 Å². The van der Waals surface area contributed by atoms with Gasteiger partial charge in [-0.2, -0.15) is 5.10 Å². The Hall–Kier alpha value is -2.35. The van der Waals surface area contributed by atoms with Gasteiger partial charge >= 0.3 is 5.97 Å². The Kier molecular flexibility index (Phi) is 5.54. The van der Waals surface area contributed by atoms with E-state index in [4.69, 9.17) is 4.74 Å². The summed E-state index contributed by atoms with van der Waals surface area (Å²) in [5, 5.41) is 12.5. The quantitative estimate of drug-likeness (QED) is 0.306. The molecule has 1 aromatic heterocycles. The maximum absolute atomic E-state index is 12.0. The molecular formula is C14H17N5O2S. The fraction of sp³-hybridized carbons (Fsp3) is 0.286. The highest BCUT2D eigenvalue weighted by atomic mass is 32.2. The fourth-order valence-electron chi connectivity index (χ4n) is 1.50. The van der Waals surface area contributed by atoms with E-state index in [0.29, 0.717) is 5.16 Å². The zero-order valence-electron chi connectivity index (χ0n) is 12.6. The number of nitrogens with one attached hydrogen (secondary N) is 1. The van der Waals surface area contributed by atoms with Crippen LogP contribution in [0.1, 0.15) is 12.5 Å². The van der Waals surface area contributed by atoms with Crippen LogP contribution in [0.3, 0.4) is 0 Å². The fourth-order valence-corrected chi connectivity index (χ4v) is 2.18. The first-order valence-electron chi connectivity index (χ1n) is 6.69. The van der Waals surface area contributed by atoms with Crippen LogP contribution < -0.4 is 5.43 Å². The Morgan fingerprint density at radius 3 is 2.73 bits per heavy atom. The number of hydrogen-bond donors (Lipinski definition) is 1. The van der Waals surface area contributed by atoms with E-state index in [1.807, 2.05) is 31.2 Å². The maximum Gasteiger partial charge on any atom is 0.365 e. The molecule has 2 aromatic rings. The summed E-state index contributed by atoms with van der Waals surface area (Å²) < 4.78 is 6.71. The highest BCUT2D eigenvalue weighted by molar-refractivity contribution is 8.15. The molecule has 1 N–H and O–H groups in total. The molecule has 0 atom stereocenters. The van der Waals surface area contributed by atoms with E-state index in [0.717, 1.165) is 23.0 Å². The predicted octanol–water partition coefficient (Wildman–Crippen LogP) is 2.20. The lowest BCUT2D eigenvalue weighted by Crippen LogP contribution is -2.16. The van der Waals surface area contributed by atoms with Gasteiger partial charge in [0.25, 0.3) is 0 Å². The summed E-state index contributed by atoms with van der Waals surface area (Å²) >= 11 is 1.09. The second-order valence-electron chi connectivity index (χ2n) is 4.44. The summed E-state index contributed by atoms with van der Waals surface area (Å²) in [7, 11) is 1.79. The van der Waals surface area contributed by atoms with Crippen molar-refractivity contribution in [2.24, 2.45) is 12.1 Å². The second kappa shape index (κ2) is 7.60. The van der Waals surface area contributed by atoms with E-state index >= 15 is 0 Å². The molecule has 0 saturated heterocycles. The van der Waals surface area contributed by atoms with Gasteiger partial charge in [0.15, 0.2) is 5.16 Å². The molecule has 1 aromatic carbocycles. The third-order valence-electron chi connectivity index (χ3n) is 2.65. The number of benzene rings is 1. The molecule has 0 radical (unpaired) electrons. The number of rotatable bonds is 4. The van der Waals surface area contributed by atoms with Gasteiger partial charge in [-0.15, -0.1) is 10.2 Å². The molecule has 7 nitrogen and oxygen atoms in total. The minimum Gasteiger partial charge on any atom is -0.461 e. The number of aromatic nitrogens is 3. The number of thioether (sulfide) groups is 1. The zero-order valence-corrected chi connectivity index (χ0v) is 13.4. The molecule has 0 aliphatic rings. The largest absolute Gasteiger partial charge is 0.461 e. The van der Waals surface area contributed by atoms with Crippen LogP contribution in [0.5, 0.6) is 0 Å². The number of nitrogens with zero attached hydrogens (tertiary/aromatic N) is 4. The van der Waals surface area contributed by atoms with Gasteiger partial charge in [0.2, 0.25) is 5.04 Å². The van der Waals surface area contributed by atoms with E-state index in [1.165, 1.54) is 0 Å². The van der Waals surface area contributed by atoms with Crippen molar-refractivity contribution in [2.75, 3.05) is 12.0 Å². The lowest BCUT2D eigenvalue weighted by Gasteiger charge is -2.06. The molecule has 0 amide bonds. The minimum absolute atomic E-state index is 0.165. The summed E-state index contributed by atoms with van der Waals surface area (Å²) in [5.41, 5.74) is 4.78. The number of hydrogen-bond acceptors (Lipinski definition) is 7. The smallest absolute Gasteiger partial charge is 0.365 e. The monoisotopic (exact) mass is 319 g/mol. The van der Waals surface area contributed by atoms with Crippen molar-refractivity contribution in [1.82, 2.24) is 14.8 Å². The number of hydrazone groups is 1. The van der Waals surface area contributed by atoms with Gasteiger partial charge < -0.3 is 9.30 Å². The van der Waals surface area contributed by atoms with Crippen LogP contribution in [0.25, 0.3) is 0 Å². The van der Waals surface area contributed by atoms with Crippen LogP contribution in [-0.2, 0) is 16.6 Å². The van der Waals surface area contributed by atoms with Crippen molar-refractivity contribution in [2.45, 2.75) is 19.0 Å². The Balaban J connectivity index is 2.16. The molecule has 0 bridgehead atoms. The first kappa shape index (κ1) is 16.0. The number of esters is 1. The molecule has 0 aliphatic carbocycles. The third-order valence-corrected chi connectivity index (χ3v) is 3.65. The molecule has 0 fully saturated rings. The number of ether oxygens (including phenoxy) is 1. The molecular weight excluding hydrogens is 302 g/mol. The van der Waals surface area contributed by atoms with Crippen LogP contribution in [0.2, 0.25) is 0 Å². The molecule has 0 aliphatic heterocycles. The summed E-state index contributed by atoms with van der Waals surface area (Å²) in [4.78, 5) is 12.0. The molecule has 0 spiro atoms. The van der Waals surface area contributed by atoms with Crippen molar-refractivity contribution in [1.29, 1.82) is 0 Å². The molecule has 2 rings (SSSR count). The highest BCUT2D eigenvalue weighted by Gasteiger charge is 2.17. The molecule has 0 unspecified atom stereocenters. The Morgan fingerprint density at radius 2 is 2.14 bits per heavy atom. The third kappa shape index (κ3) is 4.32. The molecule has 22 heavy (non-hydrogen) atoms. The normalized spacial score (nSPS) is 11.3. The summed E-state index contributed by atoms with van der Waals surface area (Å²) in [6.45, 7) is 4.03. The van der Waals surface area contributed by atoms with Crippen LogP contribution >= 0.6 is 11.8 Å². The van der Waals surface area contributed by atoms with Crippen molar-refractivity contribution in [3.8, 4) is 0 Å². The summed E-state index contributed by atoms with van der Waals surface area (Å²) in [5.74, 6) is -0.505. The van der Waals surface area contributed by atoms with Crippen LogP contribution in [0, 0.1) is 6.92 Å². The molecule has 8 heteroatoms. The van der Waals surface area contributed by atoms with Crippen LogP contribution in [0.4, 0.5) is 5.69 Å². The SMILES string of the molecule is CCOC(=O)/C(=N/Nc1ccc(C)cc1)Sc1nncn1C. The van der Waals surface area contributed by atoms with Gasteiger partial charge in [-0.25, -0.2) is 4.79 Å². The van der Waals surface area contributed by atoms with Crippen molar-refractivity contribution in [3.63, 3.8) is 0 Å². The predicted molar refractivity (Wildman–Crippen MR) is 85.7 cm³/mol. The van der Waals surface area contributed by atoms with Crippen molar-refractivity contribution < 1.29 is 9.53 Å². The van der Waals surface area contributed by atoms with Gasteiger partial charge in [-0.1, -0.05) is 17.7 Å². The lowest BCUT2D eigenvalue weighted by molar-refractivity contribution is -0.134. The van der Waals surface area contributed by atoms with Gasteiger partial charge in [0.05, 0.1) is 12.3 Å². The Morgan fingerprint density at radius 1 is 1.41 bits per heavy atom. The summed E-state index contributed by atoms with van der Waals surface area (Å²) in [6.07, 6.45) is 1.55. The van der Waals surface area contributed by atoms with E-state index in [-0.39, 0.29) is 11.7 Å². The average molecular weight is 319 g/mol. The molecule has 0 saturated carbocycles. The zero-order chi connectivity index (χ0) is 15.9. The number of carbonyl (C=O) groups excluding carboxylic acids is 1. The first-order chi connectivity index (χ1) is 10.6. The van der Waals surface area contributed by atoms with Crippen LogP contribution in [0.15, 0.2) is 40.9 Å². The number of anilines is 1. The van der Waals surface area contributed by atoms with Gasteiger partial charge in [0, 0.05) is 7.05 Å². The topological polar surface area (TPSA) is 81.4 Å². The van der Waals surface area contributed by atoms with E-state index in [2.05, 4.69) is 20.7 Å². The van der Waals surface area contributed by atoms with Gasteiger partial charge in [-0.05, 0) is 37.7 Å². The second-order valence-corrected chi connectivity index (χ2v) is 5.40. The first-order valence-corrected chi connectivity index (χ1v) is 7.51. The Bertz CT molecular complexity index is 666. The maximum atomic E-state index is 12.0. The summed E-state index contributed by atoms with van der Waals surface area (Å²) in [6, 6.07) is 7.68. The van der Waals surface area contributed by atoms with E-state index < -0.39 is 5.97 Å². The van der Waals surface area contributed by atoms with E-state index in [9.17, 15) is 4.79 Å². The highest BCUT2D eigenvalue weighted by Crippen LogP contribution is 2.18. The average Bonchev–Trinajstić information content (AvgIpc) is 2.90. The standard InChI is InChI=1S/C14H17N5O2S/c1-4-21-13(20)12(22-14-18-15-9-19(14)3)17-16-11-7-5-10(2)6-8-11/h5-9,16H,4H2,1-3H3/b17-12-. The lowest BCUT2D eigenvalue weighted by atomic mass is 10.2. The van der Waals surface area contributed by atoms with Crippen molar-refractivity contribution in [3.05, 3.63) is 36.2 Å². The molecule has 116 valence electrons. The van der Waals surface area contributed by atoms with Crippen molar-refractivity contribution >= 4 is 28.5 Å². The molecule has 1 heterocycles. The number of aryl methyl sites for hydroxylation is 2. The Labute approximate surface area is 132 Å². The minimum atomic E-state index is -0.505. The van der Waals surface area contributed by atoms with E-state index in [1.54, 1.807) is 24.9 Å². The number of carbonyl (C=O) groups is 1. The van der Waals surface area contributed by atoms with Gasteiger partial charge in [0.1, 0.15) is 6.33 Å².